The third kappa shape index (κ3) is 3.74. The Morgan fingerprint density at radius 2 is 1.88 bits per heavy atom. The molecule has 0 bridgehead atoms. The lowest BCUT2D eigenvalue weighted by Crippen LogP contribution is -2.33. The van der Waals surface area contributed by atoms with E-state index in [1.165, 1.54) is 17.7 Å². The third-order valence-corrected chi connectivity index (χ3v) is 4.92. The van der Waals surface area contributed by atoms with Crippen LogP contribution < -0.4 is 5.32 Å². The smallest absolute Gasteiger partial charge is 0.295 e. The van der Waals surface area contributed by atoms with Crippen LogP contribution in [0.4, 0.5) is 14.9 Å². The van der Waals surface area contributed by atoms with E-state index in [0.717, 1.165) is 27.9 Å². The minimum absolute atomic E-state index is 0.0712. The van der Waals surface area contributed by atoms with Crippen molar-refractivity contribution in [3.8, 4) is 0 Å². The van der Waals surface area contributed by atoms with E-state index in [2.05, 4.69) is 5.32 Å². The minimum atomic E-state index is -0.428. The fourth-order valence-corrected chi connectivity index (χ4v) is 3.22. The Hall–Kier alpha value is -2.60. The zero-order valence-corrected chi connectivity index (χ0v) is 14.7. The van der Waals surface area contributed by atoms with Crippen molar-refractivity contribution in [2.45, 2.75) is 13.8 Å². The maximum atomic E-state index is 13.7. The molecule has 2 aromatic rings. The van der Waals surface area contributed by atoms with Crippen LogP contribution >= 0.6 is 11.8 Å². The predicted octanol–water partition coefficient (Wildman–Crippen LogP) is 4.55. The summed E-state index contributed by atoms with van der Waals surface area (Å²) in [6, 6.07) is 12.0. The molecule has 1 N–H and O–H groups in total. The number of amides is 2. The Labute approximate surface area is 149 Å². The van der Waals surface area contributed by atoms with E-state index >= 15 is 0 Å². The first-order valence-electron chi connectivity index (χ1n) is 7.77. The van der Waals surface area contributed by atoms with Crippen LogP contribution in [0.25, 0.3) is 6.08 Å². The number of halogens is 1. The Bertz CT molecular complexity index is 879. The van der Waals surface area contributed by atoms with Crippen molar-refractivity contribution in [1.29, 1.82) is 0 Å². The average molecular weight is 356 g/mol. The Morgan fingerprint density at radius 3 is 2.60 bits per heavy atom. The van der Waals surface area contributed by atoms with Crippen molar-refractivity contribution in [1.82, 2.24) is 4.90 Å². The first kappa shape index (κ1) is 17.2. The molecular formula is C19H17FN2O2S. The largest absolute Gasteiger partial charge is 0.367 e. The summed E-state index contributed by atoms with van der Waals surface area (Å²) in [5.74, 6) is -0.850. The fraction of sp³-hybridized carbons (Fsp3) is 0.158. The normalized spacial score (nSPS) is 16.0. The number of hydrogen-bond donors (Lipinski definition) is 1. The van der Waals surface area contributed by atoms with Crippen LogP contribution in [0.15, 0.2) is 47.4 Å². The zero-order chi connectivity index (χ0) is 18.0. The Balaban J connectivity index is 1.73. The van der Waals surface area contributed by atoms with E-state index in [4.69, 9.17) is 0 Å². The second kappa shape index (κ2) is 7.11. The van der Waals surface area contributed by atoms with Gasteiger partial charge in [0, 0.05) is 11.3 Å². The molecule has 0 aromatic heterocycles. The molecule has 3 rings (SSSR count). The molecule has 1 fully saturated rings. The van der Waals surface area contributed by atoms with Crippen LogP contribution in [-0.4, -0.2) is 22.7 Å². The minimum Gasteiger partial charge on any atom is -0.367 e. The zero-order valence-electron chi connectivity index (χ0n) is 13.9. The number of benzene rings is 2. The molecule has 0 radical (unpaired) electrons. The first-order chi connectivity index (χ1) is 12.0. The summed E-state index contributed by atoms with van der Waals surface area (Å²) < 4.78 is 13.7. The lowest BCUT2D eigenvalue weighted by Gasteiger charge is -2.15. The summed E-state index contributed by atoms with van der Waals surface area (Å²) in [7, 11) is 0. The summed E-state index contributed by atoms with van der Waals surface area (Å²) >= 11 is 0.818. The molecular weight excluding hydrogens is 339 g/mol. The standard InChI is InChI=1S/C19H17FN2O2S/c1-12-7-8-15(9-13(12)2)21-11-22-18(23)17(25-19(22)24)10-14-5-3-4-6-16(14)20/h3-10,21H,11H2,1-2H3/b17-10-. The van der Waals surface area contributed by atoms with E-state index in [1.54, 1.807) is 18.2 Å². The van der Waals surface area contributed by atoms with E-state index < -0.39 is 11.7 Å². The van der Waals surface area contributed by atoms with Crippen LogP contribution in [0.2, 0.25) is 0 Å². The quantitative estimate of drug-likeness (QED) is 0.817. The number of nitrogens with one attached hydrogen (secondary N) is 1. The number of imide groups is 1. The lowest BCUT2D eigenvalue weighted by molar-refractivity contribution is -0.122. The van der Waals surface area contributed by atoms with E-state index in [9.17, 15) is 14.0 Å². The molecule has 0 spiro atoms. The number of carbonyl (C=O) groups excluding carboxylic acids is 2. The van der Waals surface area contributed by atoms with Crippen molar-refractivity contribution in [3.63, 3.8) is 0 Å². The maximum absolute atomic E-state index is 13.7. The van der Waals surface area contributed by atoms with Crippen LogP contribution in [0.3, 0.4) is 0 Å². The van der Waals surface area contributed by atoms with Gasteiger partial charge in [-0.1, -0.05) is 24.3 Å². The lowest BCUT2D eigenvalue weighted by atomic mass is 10.1. The Kier molecular flexibility index (Phi) is 4.90. The summed E-state index contributed by atoms with van der Waals surface area (Å²) in [5, 5.41) is 2.71. The molecule has 4 nitrogen and oxygen atoms in total. The third-order valence-electron chi connectivity index (χ3n) is 4.01. The SMILES string of the molecule is Cc1ccc(NCN2C(=O)S/C(=C\c3ccccc3F)C2=O)cc1C. The van der Waals surface area contributed by atoms with Crippen molar-refractivity contribution >= 4 is 34.7 Å². The van der Waals surface area contributed by atoms with Gasteiger partial charge in [-0.2, -0.15) is 0 Å². The molecule has 2 amide bonds. The van der Waals surface area contributed by atoms with Gasteiger partial charge >= 0.3 is 0 Å². The summed E-state index contributed by atoms with van der Waals surface area (Å²) in [6.07, 6.45) is 1.41. The number of hydrogen-bond acceptors (Lipinski definition) is 4. The highest BCUT2D eigenvalue weighted by atomic mass is 32.2. The first-order valence-corrected chi connectivity index (χ1v) is 8.58. The van der Waals surface area contributed by atoms with Gasteiger partial charge in [0.25, 0.3) is 11.1 Å². The van der Waals surface area contributed by atoms with E-state index in [-0.39, 0.29) is 22.4 Å². The van der Waals surface area contributed by atoms with Gasteiger partial charge in [0.15, 0.2) is 0 Å². The number of nitrogens with zero attached hydrogens (tertiary/aromatic N) is 1. The number of anilines is 1. The van der Waals surface area contributed by atoms with Gasteiger partial charge < -0.3 is 5.32 Å². The van der Waals surface area contributed by atoms with Crippen LogP contribution in [0, 0.1) is 19.7 Å². The van der Waals surface area contributed by atoms with Gasteiger partial charge in [-0.15, -0.1) is 0 Å². The van der Waals surface area contributed by atoms with Gasteiger partial charge in [-0.3, -0.25) is 14.5 Å². The van der Waals surface area contributed by atoms with Crippen LogP contribution in [0.5, 0.6) is 0 Å². The Morgan fingerprint density at radius 1 is 1.12 bits per heavy atom. The highest BCUT2D eigenvalue weighted by Gasteiger charge is 2.34. The average Bonchev–Trinajstić information content (AvgIpc) is 2.85. The molecule has 2 aromatic carbocycles. The summed E-state index contributed by atoms with van der Waals surface area (Å²) in [6.45, 7) is 4.09. The molecule has 0 aliphatic carbocycles. The second-order valence-electron chi connectivity index (χ2n) is 5.77. The van der Waals surface area contributed by atoms with Crippen molar-refractivity contribution in [2.24, 2.45) is 0 Å². The summed E-state index contributed by atoms with van der Waals surface area (Å²) in [4.78, 5) is 25.9. The molecule has 1 saturated heterocycles. The molecule has 6 heteroatoms. The molecule has 0 unspecified atom stereocenters. The van der Waals surface area contributed by atoms with Gasteiger partial charge in [-0.05, 0) is 61.0 Å². The number of aryl methyl sites for hydroxylation is 2. The van der Waals surface area contributed by atoms with Crippen LogP contribution in [0.1, 0.15) is 16.7 Å². The highest BCUT2D eigenvalue weighted by Crippen LogP contribution is 2.32. The fourth-order valence-electron chi connectivity index (χ4n) is 2.39. The van der Waals surface area contributed by atoms with Crippen molar-refractivity contribution in [3.05, 3.63) is 69.9 Å². The number of carbonyl (C=O) groups is 2. The molecule has 1 aliphatic rings. The van der Waals surface area contributed by atoms with Crippen LogP contribution in [-0.2, 0) is 4.79 Å². The number of rotatable bonds is 4. The summed E-state index contributed by atoms with van der Waals surface area (Å²) in [5.41, 5.74) is 3.42. The predicted molar refractivity (Wildman–Crippen MR) is 98.6 cm³/mol. The molecule has 1 heterocycles. The van der Waals surface area contributed by atoms with E-state index in [0.29, 0.717) is 0 Å². The monoisotopic (exact) mass is 356 g/mol. The van der Waals surface area contributed by atoms with Gasteiger partial charge in [0.05, 0.1) is 11.6 Å². The molecule has 1 aliphatic heterocycles. The topological polar surface area (TPSA) is 49.4 Å². The van der Waals surface area contributed by atoms with Crippen molar-refractivity contribution in [2.75, 3.05) is 12.0 Å². The molecule has 128 valence electrons. The molecule has 0 atom stereocenters. The van der Waals surface area contributed by atoms with Gasteiger partial charge in [-0.25, -0.2) is 4.39 Å². The van der Waals surface area contributed by atoms with E-state index in [1.807, 2.05) is 32.0 Å². The van der Waals surface area contributed by atoms with Gasteiger partial charge in [0.1, 0.15) is 5.82 Å². The van der Waals surface area contributed by atoms with Gasteiger partial charge in [0.2, 0.25) is 0 Å². The number of thioether (sulfide) groups is 1. The molecule has 0 saturated carbocycles. The highest BCUT2D eigenvalue weighted by molar-refractivity contribution is 8.18. The second-order valence-corrected chi connectivity index (χ2v) is 6.76. The maximum Gasteiger partial charge on any atom is 0.295 e. The molecule has 25 heavy (non-hydrogen) atoms. The van der Waals surface area contributed by atoms with Crippen molar-refractivity contribution < 1.29 is 14.0 Å².